The van der Waals surface area contributed by atoms with Crippen LogP contribution >= 0.6 is 15.9 Å². The molecule has 1 heterocycles. The molecule has 0 amide bonds. The van der Waals surface area contributed by atoms with Crippen molar-refractivity contribution in [2.24, 2.45) is 0 Å². The summed E-state index contributed by atoms with van der Waals surface area (Å²) in [4.78, 5) is 0. The van der Waals surface area contributed by atoms with E-state index in [4.69, 9.17) is 4.74 Å². The van der Waals surface area contributed by atoms with Crippen LogP contribution in [0.15, 0.2) is 22.7 Å². The lowest BCUT2D eigenvalue weighted by Gasteiger charge is -2.28. The molecule has 0 spiro atoms. The molecule has 2 atom stereocenters. The molecule has 2 rings (SSSR count). The fraction of sp³-hybridized carbons (Fsp3) is 0.600. The van der Waals surface area contributed by atoms with Gasteiger partial charge in [0.15, 0.2) is 0 Å². The van der Waals surface area contributed by atoms with E-state index in [1.807, 2.05) is 18.2 Å². The van der Waals surface area contributed by atoms with Crippen molar-refractivity contribution in [1.29, 1.82) is 0 Å². The van der Waals surface area contributed by atoms with Crippen LogP contribution in [-0.2, 0) is 0 Å². The number of halogens is 1. The van der Waals surface area contributed by atoms with Gasteiger partial charge < -0.3 is 15.2 Å². The highest BCUT2D eigenvalue weighted by Gasteiger charge is 2.23. The first kappa shape index (κ1) is 14.8. The van der Waals surface area contributed by atoms with Crippen molar-refractivity contribution < 1.29 is 9.84 Å². The summed E-state index contributed by atoms with van der Waals surface area (Å²) in [6.07, 6.45) is 3.97. The normalized spacial score (nSPS) is 21.1. The highest BCUT2D eigenvalue weighted by Crippen LogP contribution is 2.31. The molecule has 3 nitrogen and oxygen atoms in total. The SMILES string of the molecule is CCCOc1ccc(C(O)C2CCCCN2)cc1Br. The Labute approximate surface area is 123 Å². The molecule has 0 aromatic heterocycles. The van der Waals surface area contributed by atoms with Crippen molar-refractivity contribution in [3.8, 4) is 5.75 Å². The van der Waals surface area contributed by atoms with E-state index < -0.39 is 6.10 Å². The smallest absolute Gasteiger partial charge is 0.133 e. The molecule has 1 aliphatic heterocycles. The fourth-order valence-corrected chi connectivity index (χ4v) is 2.92. The first-order valence-corrected chi connectivity index (χ1v) is 7.85. The van der Waals surface area contributed by atoms with Crippen molar-refractivity contribution in [3.05, 3.63) is 28.2 Å². The standard InChI is InChI=1S/C15H22BrNO2/c1-2-9-19-14-7-6-11(10-12(14)16)15(18)13-5-3-4-8-17-13/h6-7,10,13,15,17-18H,2-5,8-9H2,1H3. The maximum Gasteiger partial charge on any atom is 0.133 e. The molecule has 0 saturated carbocycles. The lowest BCUT2D eigenvalue weighted by Crippen LogP contribution is -2.38. The number of aliphatic hydroxyl groups excluding tert-OH is 1. The topological polar surface area (TPSA) is 41.5 Å². The average Bonchev–Trinajstić information content (AvgIpc) is 2.46. The largest absolute Gasteiger partial charge is 0.492 e. The van der Waals surface area contributed by atoms with E-state index in [-0.39, 0.29) is 6.04 Å². The number of hydrogen-bond donors (Lipinski definition) is 2. The monoisotopic (exact) mass is 327 g/mol. The van der Waals surface area contributed by atoms with E-state index in [0.717, 1.165) is 35.2 Å². The summed E-state index contributed by atoms with van der Waals surface area (Å²) in [5.41, 5.74) is 0.940. The molecule has 2 unspecified atom stereocenters. The summed E-state index contributed by atoms with van der Waals surface area (Å²) in [6, 6.07) is 6.02. The van der Waals surface area contributed by atoms with E-state index >= 15 is 0 Å². The predicted octanol–water partition coefficient (Wildman–Crippen LogP) is 3.41. The van der Waals surface area contributed by atoms with Crippen LogP contribution in [-0.4, -0.2) is 24.3 Å². The van der Waals surface area contributed by atoms with Gasteiger partial charge in [-0.05, 0) is 59.4 Å². The van der Waals surface area contributed by atoms with Gasteiger partial charge in [-0.1, -0.05) is 19.4 Å². The molecule has 19 heavy (non-hydrogen) atoms. The van der Waals surface area contributed by atoms with Gasteiger partial charge in [0.2, 0.25) is 0 Å². The van der Waals surface area contributed by atoms with Crippen LogP contribution in [0.4, 0.5) is 0 Å². The molecule has 106 valence electrons. The molecular formula is C15H22BrNO2. The molecule has 2 N–H and O–H groups in total. The Balaban J connectivity index is 2.05. The summed E-state index contributed by atoms with van der Waals surface area (Å²) in [6.45, 7) is 3.80. The Hall–Kier alpha value is -0.580. The third kappa shape index (κ3) is 3.94. The Morgan fingerprint density at radius 2 is 2.32 bits per heavy atom. The maximum atomic E-state index is 10.4. The number of ether oxygens (including phenoxy) is 1. The van der Waals surface area contributed by atoms with Crippen molar-refractivity contribution in [2.75, 3.05) is 13.2 Å². The van der Waals surface area contributed by atoms with Crippen LogP contribution in [0.1, 0.15) is 44.3 Å². The van der Waals surface area contributed by atoms with Gasteiger partial charge in [-0.2, -0.15) is 0 Å². The number of piperidine rings is 1. The zero-order chi connectivity index (χ0) is 13.7. The van der Waals surface area contributed by atoms with Gasteiger partial charge in [-0.3, -0.25) is 0 Å². The highest BCUT2D eigenvalue weighted by molar-refractivity contribution is 9.10. The molecule has 1 aromatic carbocycles. The zero-order valence-electron chi connectivity index (χ0n) is 11.4. The Morgan fingerprint density at radius 3 is 2.95 bits per heavy atom. The number of nitrogens with one attached hydrogen (secondary N) is 1. The first-order chi connectivity index (χ1) is 9.22. The quantitative estimate of drug-likeness (QED) is 0.870. The third-order valence-corrected chi connectivity index (χ3v) is 4.11. The predicted molar refractivity (Wildman–Crippen MR) is 80.5 cm³/mol. The van der Waals surface area contributed by atoms with Crippen LogP contribution < -0.4 is 10.1 Å². The number of benzene rings is 1. The summed E-state index contributed by atoms with van der Waals surface area (Å²) in [5.74, 6) is 0.842. The second kappa shape index (κ2) is 7.27. The summed E-state index contributed by atoms with van der Waals surface area (Å²) in [5, 5.41) is 13.8. The molecule has 1 saturated heterocycles. The van der Waals surface area contributed by atoms with Crippen molar-refractivity contribution >= 4 is 15.9 Å². The average molecular weight is 328 g/mol. The number of rotatable bonds is 5. The van der Waals surface area contributed by atoms with Crippen molar-refractivity contribution in [1.82, 2.24) is 5.32 Å². The zero-order valence-corrected chi connectivity index (χ0v) is 12.9. The third-order valence-electron chi connectivity index (χ3n) is 3.49. The second-order valence-electron chi connectivity index (χ2n) is 5.04. The molecule has 0 radical (unpaired) electrons. The van der Waals surface area contributed by atoms with Crippen LogP contribution in [0.25, 0.3) is 0 Å². The van der Waals surface area contributed by atoms with Crippen molar-refractivity contribution in [2.45, 2.75) is 44.8 Å². The van der Waals surface area contributed by atoms with Crippen molar-refractivity contribution in [3.63, 3.8) is 0 Å². The number of hydrogen-bond acceptors (Lipinski definition) is 3. The molecule has 1 aromatic rings. The summed E-state index contributed by atoms with van der Waals surface area (Å²) in [7, 11) is 0. The van der Waals surface area contributed by atoms with E-state index in [2.05, 4.69) is 28.2 Å². The van der Waals surface area contributed by atoms with Gasteiger partial charge in [-0.25, -0.2) is 0 Å². The maximum absolute atomic E-state index is 10.4. The Kier molecular flexibility index (Phi) is 5.67. The van der Waals surface area contributed by atoms with Gasteiger partial charge in [0.05, 0.1) is 17.2 Å². The summed E-state index contributed by atoms with van der Waals surface area (Å²) >= 11 is 3.51. The van der Waals surface area contributed by atoms with Gasteiger partial charge in [-0.15, -0.1) is 0 Å². The van der Waals surface area contributed by atoms with E-state index in [0.29, 0.717) is 6.61 Å². The highest BCUT2D eigenvalue weighted by atomic mass is 79.9. The molecule has 1 aliphatic rings. The van der Waals surface area contributed by atoms with Gasteiger partial charge in [0.25, 0.3) is 0 Å². The van der Waals surface area contributed by atoms with Crippen LogP contribution in [0.2, 0.25) is 0 Å². The lowest BCUT2D eigenvalue weighted by molar-refractivity contribution is 0.113. The lowest BCUT2D eigenvalue weighted by atomic mass is 9.95. The number of aliphatic hydroxyl groups is 1. The fourth-order valence-electron chi connectivity index (χ4n) is 2.41. The van der Waals surface area contributed by atoms with Gasteiger partial charge in [0, 0.05) is 6.04 Å². The minimum absolute atomic E-state index is 0.170. The van der Waals surface area contributed by atoms with Crippen LogP contribution in [0.5, 0.6) is 5.75 Å². The molecule has 4 heteroatoms. The minimum Gasteiger partial charge on any atom is -0.492 e. The molecular weight excluding hydrogens is 306 g/mol. The van der Waals surface area contributed by atoms with Gasteiger partial charge in [0.1, 0.15) is 5.75 Å². The molecule has 0 aliphatic carbocycles. The van der Waals surface area contributed by atoms with Crippen LogP contribution in [0.3, 0.4) is 0 Å². The van der Waals surface area contributed by atoms with Crippen LogP contribution in [0, 0.1) is 0 Å². The van der Waals surface area contributed by atoms with E-state index in [9.17, 15) is 5.11 Å². The van der Waals surface area contributed by atoms with Gasteiger partial charge >= 0.3 is 0 Å². The minimum atomic E-state index is -0.447. The molecule has 1 fully saturated rings. The Morgan fingerprint density at radius 1 is 1.47 bits per heavy atom. The molecule has 0 bridgehead atoms. The van der Waals surface area contributed by atoms with E-state index in [1.54, 1.807) is 0 Å². The van der Waals surface area contributed by atoms with E-state index in [1.165, 1.54) is 12.8 Å². The summed E-state index contributed by atoms with van der Waals surface area (Å²) < 4.78 is 6.53. The second-order valence-corrected chi connectivity index (χ2v) is 5.89. The Bertz CT molecular complexity index is 405. The first-order valence-electron chi connectivity index (χ1n) is 7.06.